The lowest BCUT2D eigenvalue weighted by Gasteiger charge is -2.35. The smallest absolute Gasteiger partial charge is 0.0145 e. The lowest BCUT2D eigenvalue weighted by Crippen LogP contribution is -2.42. The molecule has 0 aromatic carbocycles. The Balaban J connectivity index is 2.44. The highest BCUT2D eigenvalue weighted by Gasteiger charge is 2.33. The predicted molar refractivity (Wildman–Crippen MR) is 58.0 cm³/mol. The molecule has 0 spiro atoms. The summed E-state index contributed by atoms with van der Waals surface area (Å²) in [4.78, 5) is 2.64. The molecule has 1 rings (SSSR count). The van der Waals surface area contributed by atoms with Crippen LogP contribution in [0.2, 0.25) is 0 Å². The highest BCUT2D eigenvalue weighted by atomic mass is 15.2. The Morgan fingerprint density at radius 1 is 1.38 bits per heavy atom. The zero-order valence-electron chi connectivity index (χ0n) is 9.56. The van der Waals surface area contributed by atoms with Crippen molar-refractivity contribution < 1.29 is 0 Å². The fraction of sp³-hybridized carbons (Fsp3) is 1.00. The molecular formula is C11H24N2. The first-order valence-electron chi connectivity index (χ1n) is 5.44. The molecular weight excluding hydrogens is 160 g/mol. The van der Waals surface area contributed by atoms with Gasteiger partial charge in [0, 0.05) is 19.1 Å². The third kappa shape index (κ3) is 2.96. The summed E-state index contributed by atoms with van der Waals surface area (Å²) < 4.78 is 0. The van der Waals surface area contributed by atoms with Gasteiger partial charge in [-0.3, -0.25) is 4.90 Å². The van der Waals surface area contributed by atoms with E-state index in [0.29, 0.717) is 5.41 Å². The molecule has 1 saturated heterocycles. The SMILES string of the molecule is CNCCN1CCC[C@H]1C(C)(C)C. The highest BCUT2D eigenvalue weighted by molar-refractivity contribution is 4.88. The molecule has 1 heterocycles. The van der Waals surface area contributed by atoms with Crippen LogP contribution in [0.25, 0.3) is 0 Å². The summed E-state index contributed by atoms with van der Waals surface area (Å²) in [7, 11) is 2.03. The molecule has 1 N–H and O–H groups in total. The summed E-state index contributed by atoms with van der Waals surface area (Å²) in [6.45, 7) is 10.7. The Hall–Kier alpha value is -0.0800. The van der Waals surface area contributed by atoms with Gasteiger partial charge < -0.3 is 5.32 Å². The first-order valence-corrected chi connectivity index (χ1v) is 5.44. The molecule has 0 bridgehead atoms. The molecule has 1 fully saturated rings. The Morgan fingerprint density at radius 2 is 2.08 bits per heavy atom. The second kappa shape index (κ2) is 4.43. The van der Waals surface area contributed by atoms with Crippen molar-refractivity contribution in [3.8, 4) is 0 Å². The standard InChI is InChI=1S/C11H24N2/c1-11(2,3)10-6-5-8-13(10)9-7-12-4/h10,12H,5-9H2,1-4H3/t10-/m0/s1. The van der Waals surface area contributed by atoms with E-state index in [1.807, 2.05) is 7.05 Å². The van der Waals surface area contributed by atoms with Crippen molar-refractivity contribution in [1.29, 1.82) is 0 Å². The van der Waals surface area contributed by atoms with Gasteiger partial charge in [-0.2, -0.15) is 0 Å². The summed E-state index contributed by atoms with van der Waals surface area (Å²) in [5.41, 5.74) is 0.449. The molecule has 1 aliphatic rings. The maximum absolute atomic E-state index is 3.22. The average molecular weight is 184 g/mol. The van der Waals surface area contributed by atoms with Crippen LogP contribution in [0.1, 0.15) is 33.6 Å². The molecule has 2 heteroatoms. The van der Waals surface area contributed by atoms with Gasteiger partial charge in [-0.1, -0.05) is 20.8 Å². The molecule has 0 radical (unpaired) electrons. The number of likely N-dealkylation sites (tertiary alicyclic amines) is 1. The van der Waals surface area contributed by atoms with Crippen LogP contribution in [0, 0.1) is 5.41 Å². The van der Waals surface area contributed by atoms with Gasteiger partial charge in [-0.15, -0.1) is 0 Å². The van der Waals surface area contributed by atoms with E-state index in [1.165, 1.54) is 25.9 Å². The minimum atomic E-state index is 0.449. The van der Waals surface area contributed by atoms with Crippen LogP contribution in [0.15, 0.2) is 0 Å². The van der Waals surface area contributed by atoms with Gasteiger partial charge in [-0.25, -0.2) is 0 Å². The number of hydrogen-bond acceptors (Lipinski definition) is 2. The van der Waals surface area contributed by atoms with Gasteiger partial charge >= 0.3 is 0 Å². The normalized spacial score (nSPS) is 25.4. The number of nitrogens with one attached hydrogen (secondary N) is 1. The van der Waals surface area contributed by atoms with E-state index in [-0.39, 0.29) is 0 Å². The van der Waals surface area contributed by atoms with Crippen LogP contribution in [-0.2, 0) is 0 Å². The van der Waals surface area contributed by atoms with Gasteiger partial charge in [-0.05, 0) is 31.8 Å². The van der Waals surface area contributed by atoms with Gasteiger partial charge in [0.05, 0.1) is 0 Å². The van der Waals surface area contributed by atoms with Gasteiger partial charge in [0.2, 0.25) is 0 Å². The van der Waals surface area contributed by atoms with E-state index < -0.39 is 0 Å². The molecule has 1 atom stereocenters. The van der Waals surface area contributed by atoms with E-state index >= 15 is 0 Å². The topological polar surface area (TPSA) is 15.3 Å². The van der Waals surface area contributed by atoms with E-state index in [9.17, 15) is 0 Å². The number of rotatable bonds is 3. The van der Waals surface area contributed by atoms with Gasteiger partial charge in [0.1, 0.15) is 0 Å². The van der Waals surface area contributed by atoms with Crippen LogP contribution < -0.4 is 5.32 Å². The molecule has 0 aromatic heterocycles. The summed E-state index contributed by atoms with van der Waals surface area (Å²) in [6, 6.07) is 0.792. The largest absolute Gasteiger partial charge is 0.318 e. The van der Waals surface area contributed by atoms with E-state index in [1.54, 1.807) is 0 Å². The molecule has 0 aliphatic carbocycles. The highest BCUT2D eigenvalue weighted by Crippen LogP contribution is 2.31. The van der Waals surface area contributed by atoms with E-state index in [0.717, 1.165) is 12.6 Å². The van der Waals surface area contributed by atoms with Gasteiger partial charge in [0.15, 0.2) is 0 Å². The van der Waals surface area contributed by atoms with Crippen molar-refractivity contribution in [2.75, 3.05) is 26.7 Å². The molecule has 13 heavy (non-hydrogen) atoms. The van der Waals surface area contributed by atoms with Crippen LogP contribution in [0.4, 0.5) is 0 Å². The Bertz CT molecular complexity index is 149. The molecule has 0 aromatic rings. The predicted octanol–water partition coefficient (Wildman–Crippen LogP) is 1.72. The van der Waals surface area contributed by atoms with Crippen LogP contribution >= 0.6 is 0 Å². The molecule has 78 valence electrons. The fourth-order valence-corrected chi connectivity index (χ4v) is 2.33. The molecule has 0 saturated carbocycles. The zero-order chi connectivity index (χ0) is 9.90. The first-order chi connectivity index (χ1) is 6.05. The summed E-state index contributed by atoms with van der Waals surface area (Å²) in [5, 5.41) is 3.22. The third-order valence-corrected chi connectivity index (χ3v) is 3.01. The number of hydrogen-bond donors (Lipinski definition) is 1. The summed E-state index contributed by atoms with van der Waals surface area (Å²) in [6.07, 6.45) is 2.76. The fourth-order valence-electron chi connectivity index (χ4n) is 2.33. The van der Waals surface area contributed by atoms with Crippen molar-refractivity contribution >= 4 is 0 Å². The van der Waals surface area contributed by atoms with Crippen LogP contribution in [0.3, 0.4) is 0 Å². The van der Waals surface area contributed by atoms with Crippen molar-refractivity contribution in [2.45, 2.75) is 39.7 Å². The lowest BCUT2D eigenvalue weighted by molar-refractivity contribution is 0.142. The number of likely N-dealkylation sites (N-methyl/N-ethyl adjacent to an activating group) is 1. The Kier molecular flexibility index (Phi) is 3.74. The monoisotopic (exact) mass is 184 g/mol. The maximum Gasteiger partial charge on any atom is 0.0145 e. The second-order valence-corrected chi connectivity index (χ2v) is 5.16. The molecule has 2 nitrogen and oxygen atoms in total. The Labute approximate surface area is 82.7 Å². The van der Waals surface area contributed by atoms with E-state index in [2.05, 4.69) is 31.0 Å². The quantitative estimate of drug-likeness (QED) is 0.718. The van der Waals surface area contributed by atoms with E-state index in [4.69, 9.17) is 0 Å². The third-order valence-electron chi connectivity index (χ3n) is 3.01. The number of nitrogens with zero attached hydrogens (tertiary/aromatic N) is 1. The minimum Gasteiger partial charge on any atom is -0.318 e. The second-order valence-electron chi connectivity index (χ2n) is 5.16. The molecule has 0 unspecified atom stereocenters. The minimum absolute atomic E-state index is 0.449. The van der Waals surface area contributed by atoms with Crippen molar-refractivity contribution in [3.05, 3.63) is 0 Å². The summed E-state index contributed by atoms with van der Waals surface area (Å²) in [5.74, 6) is 0. The maximum atomic E-state index is 3.22. The molecule has 0 amide bonds. The lowest BCUT2D eigenvalue weighted by atomic mass is 9.85. The first kappa shape index (κ1) is 11.0. The average Bonchev–Trinajstić information content (AvgIpc) is 2.47. The molecule has 1 aliphatic heterocycles. The van der Waals surface area contributed by atoms with Crippen LogP contribution in [0.5, 0.6) is 0 Å². The zero-order valence-corrected chi connectivity index (χ0v) is 9.56. The van der Waals surface area contributed by atoms with Crippen LogP contribution in [-0.4, -0.2) is 37.6 Å². The van der Waals surface area contributed by atoms with Gasteiger partial charge in [0.25, 0.3) is 0 Å². The van der Waals surface area contributed by atoms with Crippen molar-refractivity contribution in [3.63, 3.8) is 0 Å². The van der Waals surface area contributed by atoms with Crippen molar-refractivity contribution in [2.24, 2.45) is 5.41 Å². The summed E-state index contributed by atoms with van der Waals surface area (Å²) >= 11 is 0. The Morgan fingerprint density at radius 3 is 2.62 bits per heavy atom. The van der Waals surface area contributed by atoms with Crippen molar-refractivity contribution in [1.82, 2.24) is 10.2 Å².